The number of unbranched alkanes of at least 4 members (excludes halogenated alkanes) is 1. The molecule has 5 N–H and O–H groups in total. The topological polar surface area (TPSA) is 148 Å². The van der Waals surface area contributed by atoms with Crippen molar-refractivity contribution in [3.05, 3.63) is 52.4 Å². The highest BCUT2D eigenvalue weighted by Crippen LogP contribution is 2.25. The number of rotatable bonds is 12. The summed E-state index contributed by atoms with van der Waals surface area (Å²) in [6.07, 6.45) is 2.57. The lowest BCUT2D eigenvalue weighted by molar-refractivity contribution is -0.122. The molecule has 0 aromatic heterocycles. The summed E-state index contributed by atoms with van der Waals surface area (Å²) in [6, 6.07) is 8.62. The van der Waals surface area contributed by atoms with Crippen molar-refractivity contribution in [2.24, 2.45) is 5.18 Å². The largest absolute Gasteiger partial charge is 0.508 e. The van der Waals surface area contributed by atoms with E-state index in [9.17, 15) is 29.8 Å². The molecule has 31 heavy (non-hydrogen) atoms. The second-order valence-corrected chi connectivity index (χ2v) is 7.12. The first-order valence-corrected chi connectivity index (χ1v) is 10.1. The van der Waals surface area contributed by atoms with Crippen LogP contribution in [0.4, 0.5) is 5.69 Å². The van der Waals surface area contributed by atoms with Gasteiger partial charge in [-0.05, 0) is 54.1 Å². The average Bonchev–Trinajstić information content (AvgIpc) is 2.74. The van der Waals surface area contributed by atoms with Gasteiger partial charge in [-0.1, -0.05) is 12.1 Å². The number of aryl methyl sites for hydroxylation is 2. The number of hydrogen-bond donors (Lipinski definition) is 5. The maximum Gasteiger partial charge on any atom is 0.220 e. The number of aromatic hydroxyl groups is 3. The fourth-order valence-electron chi connectivity index (χ4n) is 2.96. The quantitative estimate of drug-likeness (QED) is 0.259. The molecule has 2 amide bonds. The van der Waals surface area contributed by atoms with Crippen LogP contribution in [0.3, 0.4) is 0 Å². The van der Waals surface area contributed by atoms with Crippen molar-refractivity contribution < 1.29 is 24.9 Å². The molecule has 0 aliphatic heterocycles. The van der Waals surface area contributed by atoms with E-state index in [-0.39, 0.29) is 47.6 Å². The summed E-state index contributed by atoms with van der Waals surface area (Å²) in [5.74, 6) is -0.390. The number of benzene rings is 2. The molecule has 2 aromatic rings. The molecule has 0 aliphatic rings. The Morgan fingerprint density at radius 1 is 0.774 bits per heavy atom. The maximum absolute atomic E-state index is 11.9. The van der Waals surface area contributed by atoms with Crippen LogP contribution < -0.4 is 10.6 Å². The van der Waals surface area contributed by atoms with Crippen LogP contribution in [0, 0.1) is 4.91 Å². The number of phenols is 3. The van der Waals surface area contributed by atoms with Crippen molar-refractivity contribution in [3.8, 4) is 17.2 Å². The van der Waals surface area contributed by atoms with Gasteiger partial charge in [-0.25, -0.2) is 0 Å². The number of nitrogens with zero attached hydrogens (tertiary/aromatic N) is 1. The fraction of sp³-hybridized carbons (Fsp3) is 0.364. The van der Waals surface area contributed by atoms with Gasteiger partial charge in [0.15, 0.2) is 0 Å². The molecule has 2 aromatic carbocycles. The van der Waals surface area contributed by atoms with Crippen molar-refractivity contribution in [2.45, 2.75) is 38.5 Å². The van der Waals surface area contributed by atoms with Crippen LogP contribution in [-0.2, 0) is 22.4 Å². The van der Waals surface area contributed by atoms with E-state index in [1.807, 2.05) is 0 Å². The van der Waals surface area contributed by atoms with E-state index in [0.717, 1.165) is 0 Å². The summed E-state index contributed by atoms with van der Waals surface area (Å²) in [5.41, 5.74) is 1.31. The van der Waals surface area contributed by atoms with Crippen LogP contribution in [-0.4, -0.2) is 40.2 Å². The molecule has 0 heterocycles. The Labute approximate surface area is 180 Å². The Morgan fingerprint density at radius 3 is 1.77 bits per heavy atom. The SMILES string of the molecule is O=Nc1ccc(CCC(=O)NCCCCNC(=O)CCc2ccc(O)cc2O)c(O)c1. The second kappa shape index (κ2) is 12.2. The lowest BCUT2D eigenvalue weighted by Gasteiger charge is -2.08. The molecule has 0 fully saturated rings. The van der Waals surface area contributed by atoms with Crippen LogP contribution in [0.15, 0.2) is 41.6 Å². The van der Waals surface area contributed by atoms with Gasteiger partial charge in [0, 0.05) is 38.1 Å². The summed E-state index contributed by atoms with van der Waals surface area (Å²) in [7, 11) is 0. The number of hydrogen-bond acceptors (Lipinski definition) is 7. The van der Waals surface area contributed by atoms with Gasteiger partial charge in [0.25, 0.3) is 0 Å². The van der Waals surface area contributed by atoms with Crippen molar-refractivity contribution >= 4 is 17.5 Å². The van der Waals surface area contributed by atoms with E-state index >= 15 is 0 Å². The lowest BCUT2D eigenvalue weighted by atomic mass is 10.1. The molecule has 0 aliphatic carbocycles. The summed E-state index contributed by atoms with van der Waals surface area (Å²) in [5, 5.41) is 37.1. The number of nitroso groups, excluding NO2 is 1. The average molecular weight is 429 g/mol. The van der Waals surface area contributed by atoms with Crippen LogP contribution in [0.25, 0.3) is 0 Å². The molecule has 0 radical (unpaired) electrons. The minimum Gasteiger partial charge on any atom is -0.508 e. The maximum atomic E-state index is 11.9. The van der Waals surface area contributed by atoms with Crippen LogP contribution in [0.5, 0.6) is 17.2 Å². The lowest BCUT2D eigenvalue weighted by Crippen LogP contribution is -2.27. The standard InChI is InChI=1S/C22H27N3O6/c26-18-8-4-16(20(28)14-18)6-10-22(30)24-12-2-1-11-23-21(29)9-5-15-3-7-17(25-31)13-19(15)27/h3-4,7-8,13-14,26-28H,1-2,5-6,9-12H2,(H,23,29)(H,24,30). The van der Waals surface area contributed by atoms with E-state index in [1.165, 1.54) is 24.3 Å². The fourth-order valence-corrected chi connectivity index (χ4v) is 2.96. The van der Waals surface area contributed by atoms with Crippen molar-refractivity contribution in [1.82, 2.24) is 10.6 Å². The molecule has 0 bridgehead atoms. The van der Waals surface area contributed by atoms with Crippen LogP contribution in [0.1, 0.15) is 36.8 Å². The van der Waals surface area contributed by atoms with Gasteiger partial charge in [-0.15, -0.1) is 4.91 Å². The first kappa shape index (κ1) is 23.7. The molecular weight excluding hydrogens is 402 g/mol. The highest BCUT2D eigenvalue weighted by Gasteiger charge is 2.08. The third-order valence-corrected chi connectivity index (χ3v) is 4.73. The number of amides is 2. The number of carbonyl (C=O) groups excluding carboxylic acids is 2. The van der Waals surface area contributed by atoms with E-state index in [4.69, 9.17) is 0 Å². The molecule has 0 saturated carbocycles. The number of nitrogens with one attached hydrogen (secondary N) is 2. The molecule has 166 valence electrons. The van der Waals surface area contributed by atoms with Gasteiger partial charge in [0.05, 0.1) is 0 Å². The van der Waals surface area contributed by atoms with Crippen LogP contribution in [0.2, 0.25) is 0 Å². The molecule has 0 atom stereocenters. The molecule has 9 nitrogen and oxygen atoms in total. The minimum atomic E-state index is -0.144. The van der Waals surface area contributed by atoms with Gasteiger partial charge in [-0.2, -0.15) is 0 Å². The molecular formula is C22H27N3O6. The third-order valence-electron chi connectivity index (χ3n) is 4.73. The van der Waals surface area contributed by atoms with E-state index in [1.54, 1.807) is 12.1 Å². The van der Waals surface area contributed by atoms with Gasteiger partial charge >= 0.3 is 0 Å². The smallest absolute Gasteiger partial charge is 0.220 e. The molecule has 9 heteroatoms. The predicted octanol–water partition coefficient (Wildman–Crippen LogP) is 2.78. The Balaban J connectivity index is 1.54. The van der Waals surface area contributed by atoms with Crippen molar-refractivity contribution in [3.63, 3.8) is 0 Å². The van der Waals surface area contributed by atoms with E-state index in [2.05, 4.69) is 15.8 Å². The first-order valence-electron chi connectivity index (χ1n) is 10.1. The van der Waals surface area contributed by atoms with Gasteiger partial charge in [0.2, 0.25) is 11.8 Å². The second-order valence-electron chi connectivity index (χ2n) is 7.12. The third kappa shape index (κ3) is 8.33. The zero-order valence-electron chi connectivity index (χ0n) is 17.1. The Kier molecular flexibility index (Phi) is 9.28. The highest BCUT2D eigenvalue weighted by atomic mass is 16.3. The number of phenolic OH excluding ortho intramolecular Hbond substituents is 3. The van der Waals surface area contributed by atoms with Gasteiger partial charge in [0.1, 0.15) is 22.9 Å². The van der Waals surface area contributed by atoms with E-state index < -0.39 is 0 Å². The molecule has 2 rings (SSSR count). The van der Waals surface area contributed by atoms with E-state index in [0.29, 0.717) is 49.9 Å². The monoisotopic (exact) mass is 429 g/mol. The number of carbonyl (C=O) groups is 2. The summed E-state index contributed by atoms with van der Waals surface area (Å²) < 4.78 is 0. The summed E-state index contributed by atoms with van der Waals surface area (Å²) in [4.78, 5) is 34.2. The highest BCUT2D eigenvalue weighted by molar-refractivity contribution is 5.76. The zero-order valence-corrected chi connectivity index (χ0v) is 17.1. The minimum absolute atomic E-state index is 0.0262. The van der Waals surface area contributed by atoms with Crippen molar-refractivity contribution in [2.75, 3.05) is 13.1 Å². The summed E-state index contributed by atoms with van der Waals surface area (Å²) >= 11 is 0. The summed E-state index contributed by atoms with van der Waals surface area (Å²) in [6.45, 7) is 0.970. The van der Waals surface area contributed by atoms with Gasteiger partial charge in [-0.3, -0.25) is 9.59 Å². The molecule has 0 unspecified atom stereocenters. The normalized spacial score (nSPS) is 10.5. The van der Waals surface area contributed by atoms with Crippen LogP contribution >= 0.6 is 0 Å². The first-order chi connectivity index (χ1) is 14.9. The molecule has 0 spiro atoms. The Bertz CT molecular complexity index is 916. The van der Waals surface area contributed by atoms with Gasteiger partial charge < -0.3 is 26.0 Å². The Hall–Kier alpha value is -3.62. The Morgan fingerprint density at radius 2 is 1.29 bits per heavy atom. The molecule has 0 saturated heterocycles. The predicted molar refractivity (Wildman–Crippen MR) is 115 cm³/mol. The van der Waals surface area contributed by atoms with Crippen molar-refractivity contribution in [1.29, 1.82) is 0 Å². The zero-order chi connectivity index (χ0) is 22.6.